The molecule has 0 atom stereocenters. The molecule has 1 aromatic heterocycles. The maximum atomic E-state index is 9.33. The number of nitrogens with one attached hydrogen (secondary N) is 1. The molecule has 0 saturated heterocycles. The number of aliphatic hydroxyl groups is 1. The molecule has 130 valence electrons. The van der Waals surface area contributed by atoms with Crippen LogP contribution in [-0.4, -0.2) is 19.9 Å². The van der Waals surface area contributed by atoms with Crippen LogP contribution < -0.4 is 0 Å². The minimum atomic E-state index is 0.434. The van der Waals surface area contributed by atoms with Gasteiger partial charge in [-0.3, -0.25) is 9.67 Å². The predicted molar refractivity (Wildman–Crippen MR) is 106 cm³/mol. The topological polar surface area (TPSA) is 53.8 Å². The zero-order chi connectivity index (χ0) is 17.9. The van der Waals surface area contributed by atoms with E-state index in [1.165, 1.54) is 0 Å². The van der Waals surface area contributed by atoms with Gasteiger partial charge in [-0.1, -0.05) is 55.5 Å². The lowest BCUT2D eigenvalue weighted by atomic mass is 10.2. The molecule has 25 heavy (non-hydrogen) atoms. The van der Waals surface area contributed by atoms with Crippen molar-refractivity contribution in [3.63, 3.8) is 0 Å². The van der Waals surface area contributed by atoms with Crippen LogP contribution in [0.1, 0.15) is 32.0 Å². The molecule has 0 spiro atoms. The summed E-state index contributed by atoms with van der Waals surface area (Å²) in [5.41, 5.74) is 0.989. The van der Waals surface area contributed by atoms with E-state index in [9.17, 15) is 5.11 Å². The molecule has 4 nitrogen and oxygen atoms in total. The zero-order valence-electron chi connectivity index (χ0n) is 14.3. The molecule has 0 radical (unpaired) electrons. The van der Waals surface area contributed by atoms with Gasteiger partial charge in [0.2, 0.25) is 0 Å². The fourth-order valence-electron chi connectivity index (χ4n) is 2.16. The smallest absolute Gasteiger partial charge is 0.200 e. The lowest BCUT2D eigenvalue weighted by Crippen LogP contribution is -1.96. The number of hydrogen-bond acceptors (Lipinski definition) is 3. The first-order valence-electron chi connectivity index (χ1n) is 8.31. The summed E-state index contributed by atoms with van der Waals surface area (Å²) in [6.45, 7) is 1.93. The molecule has 5 heteroatoms. The SMILES string of the molecule is CC/C(O)=C\C/C=C\C=C/C/C=C/c1n[nH]c(=S)n1-c1ccccc1. The third-order valence-electron chi connectivity index (χ3n) is 3.49. The van der Waals surface area contributed by atoms with Gasteiger partial charge in [-0.05, 0) is 49.3 Å². The van der Waals surface area contributed by atoms with Gasteiger partial charge < -0.3 is 5.11 Å². The average Bonchev–Trinajstić information content (AvgIpc) is 3.01. The molecule has 0 aliphatic heterocycles. The number of H-pyrrole nitrogens is 1. The number of hydrogen-bond donors (Lipinski definition) is 2. The number of rotatable bonds is 8. The van der Waals surface area contributed by atoms with Crippen LogP contribution in [0.3, 0.4) is 0 Å². The van der Waals surface area contributed by atoms with Crippen molar-refractivity contribution < 1.29 is 5.11 Å². The van der Waals surface area contributed by atoms with Crippen LogP contribution in [-0.2, 0) is 0 Å². The van der Waals surface area contributed by atoms with E-state index in [1.54, 1.807) is 0 Å². The van der Waals surface area contributed by atoms with Crippen LogP contribution in [0.15, 0.2) is 72.5 Å². The summed E-state index contributed by atoms with van der Waals surface area (Å²) in [6.07, 6.45) is 16.1. The number of aromatic amines is 1. The van der Waals surface area contributed by atoms with Gasteiger partial charge in [0.1, 0.15) is 0 Å². The van der Waals surface area contributed by atoms with Gasteiger partial charge in [-0.25, -0.2) is 0 Å². The lowest BCUT2D eigenvalue weighted by molar-refractivity contribution is 0.392. The normalized spacial score (nSPS) is 12.8. The Morgan fingerprint density at radius 1 is 1.16 bits per heavy atom. The van der Waals surface area contributed by atoms with Crippen LogP contribution in [0.5, 0.6) is 0 Å². The number of aromatic nitrogens is 3. The standard InChI is InChI=1S/C20H23N3OS/c1-2-18(24)15-11-6-4-3-5-7-12-16-19-21-22-20(25)23(19)17-13-9-8-10-14-17/h3-6,8-10,12-16,24H,2,7,11H2,1H3,(H,22,25)/b5-3-,6-4-,16-12+,18-15+. The molecule has 0 unspecified atom stereocenters. The molecule has 1 aromatic carbocycles. The van der Waals surface area contributed by atoms with Crippen molar-refractivity contribution >= 4 is 18.3 Å². The summed E-state index contributed by atoms with van der Waals surface area (Å²) in [4.78, 5) is 0. The van der Waals surface area contributed by atoms with Gasteiger partial charge in [-0.15, -0.1) is 0 Å². The fourth-order valence-corrected chi connectivity index (χ4v) is 2.41. The second-order valence-corrected chi connectivity index (χ2v) is 5.72. The number of nitrogens with zero attached hydrogens (tertiary/aromatic N) is 2. The van der Waals surface area contributed by atoms with E-state index in [-0.39, 0.29) is 0 Å². The minimum absolute atomic E-state index is 0.434. The maximum absolute atomic E-state index is 9.33. The fraction of sp³-hybridized carbons (Fsp3) is 0.200. The van der Waals surface area contributed by atoms with Gasteiger partial charge in [0.25, 0.3) is 0 Å². The highest BCUT2D eigenvalue weighted by Crippen LogP contribution is 2.11. The Balaban J connectivity index is 1.90. The van der Waals surface area contributed by atoms with Crippen molar-refractivity contribution in [3.8, 4) is 5.69 Å². The summed E-state index contributed by atoms with van der Waals surface area (Å²) < 4.78 is 2.48. The van der Waals surface area contributed by atoms with E-state index >= 15 is 0 Å². The highest BCUT2D eigenvalue weighted by atomic mass is 32.1. The Kier molecular flexibility index (Phi) is 7.66. The van der Waals surface area contributed by atoms with Gasteiger partial charge in [0.05, 0.1) is 5.76 Å². The first-order valence-corrected chi connectivity index (χ1v) is 8.72. The monoisotopic (exact) mass is 353 g/mol. The summed E-state index contributed by atoms with van der Waals surface area (Å²) in [5, 5.41) is 16.4. The molecular formula is C20H23N3OS. The average molecular weight is 353 g/mol. The number of allylic oxidation sites excluding steroid dienone is 7. The molecule has 2 N–H and O–H groups in total. The largest absolute Gasteiger partial charge is 0.513 e. The summed E-state index contributed by atoms with van der Waals surface area (Å²) in [5.74, 6) is 1.21. The van der Waals surface area contributed by atoms with Crippen molar-refractivity contribution in [2.24, 2.45) is 0 Å². The van der Waals surface area contributed by atoms with Gasteiger partial charge >= 0.3 is 0 Å². The van der Waals surface area contributed by atoms with Crippen molar-refractivity contribution in [2.45, 2.75) is 26.2 Å². The highest BCUT2D eigenvalue weighted by molar-refractivity contribution is 7.71. The van der Waals surface area contributed by atoms with Gasteiger partial charge in [0.15, 0.2) is 10.6 Å². The van der Waals surface area contributed by atoms with E-state index in [4.69, 9.17) is 12.2 Å². The van der Waals surface area contributed by atoms with Crippen LogP contribution in [0.4, 0.5) is 0 Å². The quantitative estimate of drug-likeness (QED) is 0.364. The second-order valence-electron chi connectivity index (χ2n) is 5.34. The summed E-state index contributed by atoms with van der Waals surface area (Å²) >= 11 is 5.31. The Labute approximate surface area is 153 Å². The van der Waals surface area contributed by atoms with Crippen molar-refractivity contribution in [1.29, 1.82) is 0 Å². The summed E-state index contributed by atoms with van der Waals surface area (Å²) in [6, 6.07) is 9.92. The van der Waals surface area contributed by atoms with E-state index in [1.807, 2.05) is 78.3 Å². The van der Waals surface area contributed by atoms with E-state index in [2.05, 4.69) is 16.3 Å². The van der Waals surface area contributed by atoms with E-state index < -0.39 is 0 Å². The Morgan fingerprint density at radius 2 is 1.88 bits per heavy atom. The van der Waals surface area contributed by atoms with Crippen LogP contribution in [0.25, 0.3) is 11.8 Å². The van der Waals surface area contributed by atoms with Crippen molar-refractivity contribution in [3.05, 3.63) is 83.1 Å². The molecule has 1 heterocycles. The number of benzene rings is 1. The van der Waals surface area contributed by atoms with Crippen LogP contribution in [0.2, 0.25) is 0 Å². The van der Waals surface area contributed by atoms with Gasteiger partial charge in [0, 0.05) is 12.1 Å². The molecule has 2 rings (SSSR count). The molecule has 0 aliphatic rings. The van der Waals surface area contributed by atoms with Crippen molar-refractivity contribution in [2.75, 3.05) is 0 Å². The summed E-state index contributed by atoms with van der Waals surface area (Å²) in [7, 11) is 0. The van der Waals surface area contributed by atoms with Gasteiger partial charge in [-0.2, -0.15) is 5.10 Å². The number of para-hydroxylation sites is 1. The molecule has 0 saturated carbocycles. The third-order valence-corrected chi connectivity index (χ3v) is 3.76. The first kappa shape index (κ1) is 18.7. The Bertz CT molecular complexity index is 826. The minimum Gasteiger partial charge on any atom is -0.513 e. The van der Waals surface area contributed by atoms with E-state index in [0.717, 1.165) is 24.4 Å². The number of aliphatic hydroxyl groups excluding tert-OH is 1. The molecule has 0 amide bonds. The van der Waals surface area contributed by atoms with Crippen molar-refractivity contribution in [1.82, 2.24) is 14.8 Å². The molecule has 0 aliphatic carbocycles. The van der Waals surface area contributed by atoms with Crippen LogP contribution >= 0.6 is 12.2 Å². The molecule has 2 aromatic rings. The maximum Gasteiger partial charge on any atom is 0.200 e. The molecule has 0 bridgehead atoms. The van der Waals surface area contributed by atoms with Crippen LogP contribution in [0, 0.1) is 4.77 Å². The Morgan fingerprint density at radius 3 is 2.60 bits per heavy atom. The molecular weight excluding hydrogens is 330 g/mol. The second kappa shape index (κ2) is 10.3. The zero-order valence-corrected chi connectivity index (χ0v) is 15.1. The Hall–Kier alpha value is -2.66. The van der Waals surface area contributed by atoms with E-state index in [0.29, 0.717) is 17.0 Å². The predicted octanol–water partition coefficient (Wildman–Crippen LogP) is 5.69. The third kappa shape index (κ3) is 6.04. The molecule has 0 fully saturated rings. The first-order chi connectivity index (χ1) is 12.2. The lowest BCUT2D eigenvalue weighted by Gasteiger charge is -2.02. The highest BCUT2D eigenvalue weighted by Gasteiger charge is 2.04.